The summed E-state index contributed by atoms with van der Waals surface area (Å²) in [4.78, 5) is 0. The van der Waals surface area contributed by atoms with Crippen LogP contribution >= 0.6 is 0 Å². The maximum atomic E-state index is 6.08. The van der Waals surface area contributed by atoms with Crippen LogP contribution in [-0.2, 0) is 9.31 Å². The summed E-state index contributed by atoms with van der Waals surface area (Å²) in [6.45, 7) is 10.6. The molecule has 106 valence electrons. The van der Waals surface area contributed by atoms with Gasteiger partial charge < -0.3 is 14.6 Å². The zero-order chi connectivity index (χ0) is 14.3. The second-order valence-electron chi connectivity index (χ2n) is 6.59. The van der Waals surface area contributed by atoms with E-state index >= 15 is 0 Å². The van der Waals surface area contributed by atoms with Gasteiger partial charge in [0.25, 0.3) is 0 Å². The van der Waals surface area contributed by atoms with Gasteiger partial charge in [-0.15, -0.1) is 0 Å². The van der Waals surface area contributed by atoms with E-state index in [1.807, 2.05) is 7.05 Å². The minimum absolute atomic E-state index is 0.0904. The van der Waals surface area contributed by atoms with Crippen molar-refractivity contribution in [3.05, 3.63) is 23.7 Å². The number of rotatable bonds is 3. The molecule has 1 atom stereocenters. The van der Waals surface area contributed by atoms with Crippen LogP contribution in [0.3, 0.4) is 0 Å². The second-order valence-corrected chi connectivity index (χ2v) is 6.59. The van der Waals surface area contributed by atoms with E-state index < -0.39 is 0 Å². The molecule has 1 aliphatic heterocycles. The zero-order valence-corrected chi connectivity index (χ0v) is 13.0. The van der Waals surface area contributed by atoms with Gasteiger partial charge in [-0.05, 0) is 53.1 Å². The third-order valence-corrected chi connectivity index (χ3v) is 4.95. The fourth-order valence-corrected chi connectivity index (χ4v) is 2.47. The van der Waals surface area contributed by atoms with Crippen molar-refractivity contribution in [3.8, 4) is 0 Å². The molecule has 1 fully saturated rings. The molecule has 0 aromatic rings. The summed E-state index contributed by atoms with van der Waals surface area (Å²) in [6, 6.07) is 0. The molecule has 0 aromatic heterocycles. The van der Waals surface area contributed by atoms with Crippen LogP contribution in [0.5, 0.6) is 0 Å². The van der Waals surface area contributed by atoms with Gasteiger partial charge in [0.05, 0.1) is 11.2 Å². The van der Waals surface area contributed by atoms with Crippen LogP contribution in [0.1, 0.15) is 47.5 Å². The topological polar surface area (TPSA) is 30.5 Å². The van der Waals surface area contributed by atoms with Crippen LogP contribution in [-0.4, -0.2) is 30.9 Å². The molecule has 19 heavy (non-hydrogen) atoms. The second kappa shape index (κ2) is 4.76. The van der Waals surface area contributed by atoms with E-state index in [2.05, 4.69) is 58.2 Å². The molecule has 1 unspecified atom stereocenters. The van der Waals surface area contributed by atoms with Gasteiger partial charge in [0.2, 0.25) is 0 Å². The highest BCUT2D eigenvalue weighted by Gasteiger charge is 2.52. The summed E-state index contributed by atoms with van der Waals surface area (Å²) in [5.41, 5.74) is 0.689. The first-order chi connectivity index (χ1) is 8.75. The van der Waals surface area contributed by atoms with Crippen molar-refractivity contribution in [2.75, 3.05) is 7.05 Å². The van der Waals surface area contributed by atoms with Crippen LogP contribution in [0.2, 0.25) is 0 Å². The minimum atomic E-state index is -0.269. The number of hydrogen-bond donors (Lipinski definition) is 1. The summed E-state index contributed by atoms with van der Waals surface area (Å²) >= 11 is 0. The van der Waals surface area contributed by atoms with Gasteiger partial charge in [-0.1, -0.05) is 25.2 Å². The lowest BCUT2D eigenvalue weighted by atomic mass is 9.72. The van der Waals surface area contributed by atoms with Gasteiger partial charge in [0.15, 0.2) is 0 Å². The molecule has 0 radical (unpaired) electrons. The molecule has 2 rings (SSSR count). The van der Waals surface area contributed by atoms with Crippen molar-refractivity contribution in [1.82, 2.24) is 5.32 Å². The molecule has 0 amide bonds. The summed E-state index contributed by atoms with van der Waals surface area (Å²) in [6.07, 6.45) is 8.68. The first kappa shape index (κ1) is 14.8. The third-order valence-electron chi connectivity index (χ3n) is 4.95. The van der Waals surface area contributed by atoms with Crippen molar-refractivity contribution in [2.24, 2.45) is 0 Å². The number of hydrogen-bond acceptors (Lipinski definition) is 3. The molecule has 0 aromatic carbocycles. The first-order valence-corrected chi connectivity index (χ1v) is 7.19. The number of nitrogens with one attached hydrogen (secondary N) is 1. The van der Waals surface area contributed by atoms with Gasteiger partial charge in [0, 0.05) is 5.54 Å². The molecule has 1 heterocycles. The zero-order valence-electron chi connectivity index (χ0n) is 13.0. The van der Waals surface area contributed by atoms with Crippen LogP contribution < -0.4 is 5.32 Å². The lowest BCUT2D eigenvalue weighted by Crippen LogP contribution is -2.41. The summed E-state index contributed by atoms with van der Waals surface area (Å²) < 4.78 is 12.2. The molecule has 1 N–H and O–H groups in total. The van der Waals surface area contributed by atoms with Crippen molar-refractivity contribution >= 4 is 7.12 Å². The lowest BCUT2D eigenvalue weighted by Gasteiger charge is -2.32. The van der Waals surface area contributed by atoms with Gasteiger partial charge in [-0.25, -0.2) is 0 Å². The monoisotopic (exact) mass is 263 g/mol. The highest BCUT2D eigenvalue weighted by molar-refractivity contribution is 6.55. The van der Waals surface area contributed by atoms with E-state index in [-0.39, 0.29) is 23.9 Å². The Kier molecular flexibility index (Phi) is 3.71. The van der Waals surface area contributed by atoms with Crippen molar-refractivity contribution < 1.29 is 9.31 Å². The molecular formula is C15H26BNO2. The van der Waals surface area contributed by atoms with E-state index in [1.165, 1.54) is 0 Å². The average Bonchev–Trinajstić information content (AvgIpc) is 2.58. The maximum absolute atomic E-state index is 6.08. The lowest BCUT2D eigenvalue weighted by molar-refractivity contribution is 0.00578. The summed E-state index contributed by atoms with van der Waals surface area (Å²) in [5, 5.41) is 3.40. The van der Waals surface area contributed by atoms with Gasteiger partial charge in [-0.3, -0.25) is 0 Å². The predicted molar refractivity (Wildman–Crippen MR) is 80.0 cm³/mol. The quantitative estimate of drug-likeness (QED) is 0.794. The average molecular weight is 263 g/mol. The van der Waals surface area contributed by atoms with E-state index in [0.717, 1.165) is 18.3 Å². The van der Waals surface area contributed by atoms with E-state index in [4.69, 9.17) is 9.31 Å². The SMILES string of the molecule is CCC1(NC)C=CC(B2OC(C)(C)C(C)(C)O2)=CC1. The third kappa shape index (κ3) is 2.54. The standard InChI is InChI=1S/C15H26BNO2/c1-7-15(17-6)10-8-12(9-11-15)16-18-13(2,3)14(4,5)19-16/h8-10,17H,7,11H2,1-6H3. The number of allylic oxidation sites excluding steroid dienone is 2. The summed E-state index contributed by atoms with van der Waals surface area (Å²) in [7, 11) is 1.77. The van der Waals surface area contributed by atoms with Gasteiger partial charge in [-0.2, -0.15) is 0 Å². The van der Waals surface area contributed by atoms with Gasteiger partial charge >= 0.3 is 7.12 Å². The Morgan fingerprint density at radius 1 is 1.21 bits per heavy atom. The van der Waals surface area contributed by atoms with Gasteiger partial charge in [0.1, 0.15) is 0 Å². The van der Waals surface area contributed by atoms with E-state index in [9.17, 15) is 0 Å². The molecule has 0 spiro atoms. The Hall–Kier alpha value is -0.575. The van der Waals surface area contributed by atoms with Crippen LogP contribution in [0.15, 0.2) is 23.7 Å². The van der Waals surface area contributed by atoms with Crippen LogP contribution in [0.25, 0.3) is 0 Å². The Labute approximate surface area is 117 Å². The highest BCUT2D eigenvalue weighted by atomic mass is 16.7. The number of likely N-dealkylation sites (N-methyl/N-ethyl adjacent to an activating group) is 1. The van der Waals surface area contributed by atoms with Crippen molar-refractivity contribution in [3.63, 3.8) is 0 Å². The van der Waals surface area contributed by atoms with Crippen LogP contribution in [0, 0.1) is 0 Å². The first-order valence-electron chi connectivity index (χ1n) is 7.19. The minimum Gasteiger partial charge on any atom is -0.399 e. The van der Waals surface area contributed by atoms with E-state index in [0.29, 0.717) is 0 Å². The normalized spacial score (nSPS) is 32.5. The van der Waals surface area contributed by atoms with Crippen molar-refractivity contribution in [1.29, 1.82) is 0 Å². The fourth-order valence-electron chi connectivity index (χ4n) is 2.47. The smallest absolute Gasteiger partial charge is 0.399 e. The highest BCUT2D eigenvalue weighted by Crippen LogP contribution is 2.39. The van der Waals surface area contributed by atoms with Crippen molar-refractivity contribution in [2.45, 2.75) is 64.2 Å². The molecule has 2 aliphatic rings. The molecule has 0 saturated carbocycles. The molecule has 4 heteroatoms. The molecular weight excluding hydrogens is 237 g/mol. The largest absolute Gasteiger partial charge is 0.494 e. The Morgan fingerprint density at radius 3 is 2.16 bits per heavy atom. The predicted octanol–water partition coefficient (Wildman–Crippen LogP) is 2.87. The molecule has 0 bridgehead atoms. The fraction of sp³-hybridized carbons (Fsp3) is 0.733. The van der Waals surface area contributed by atoms with Crippen LogP contribution in [0.4, 0.5) is 0 Å². The Balaban J connectivity index is 2.12. The Morgan fingerprint density at radius 2 is 1.79 bits per heavy atom. The Bertz CT molecular complexity index is 392. The molecule has 3 nitrogen and oxygen atoms in total. The maximum Gasteiger partial charge on any atom is 0.494 e. The van der Waals surface area contributed by atoms with E-state index in [1.54, 1.807) is 0 Å². The molecule has 1 aliphatic carbocycles. The summed E-state index contributed by atoms with van der Waals surface area (Å²) in [5.74, 6) is 0. The molecule has 1 saturated heterocycles.